The zero-order chi connectivity index (χ0) is 26.6. The van der Waals surface area contributed by atoms with Crippen LogP contribution >= 0.6 is 27.3 Å². The number of thiazole rings is 1. The first kappa shape index (κ1) is 27.1. The molecule has 10 heteroatoms. The lowest BCUT2D eigenvalue weighted by Crippen LogP contribution is -2.31. The van der Waals surface area contributed by atoms with Gasteiger partial charge in [-0.05, 0) is 70.2 Å². The van der Waals surface area contributed by atoms with Crippen molar-refractivity contribution in [2.45, 2.75) is 37.8 Å². The second-order valence-electron chi connectivity index (χ2n) is 8.40. The van der Waals surface area contributed by atoms with Crippen molar-refractivity contribution in [1.29, 1.82) is 0 Å². The molecule has 1 atom stereocenters. The third-order valence-electron chi connectivity index (χ3n) is 6.03. The molecular weight excluding hydrogens is 577 g/mol. The molecular formula is C27H27BrFN3O3S2. The first-order valence-electron chi connectivity index (χ1n) is 11.6. The van der Waals surface area contributed by atoms with Gasteiger partial charge < -0.3 is 10.1 Å². The number of hydrogen-bond donors (Lipinski definition) is 1. The smallest absolute Gasteiger partial charge is 0.269 e. The lowest BCUT2D eigenvalue weighted by molar-refractivity contribution is 0.414. The van der Waals surface area contributed by atoms with E-state index < -0.39 is 20.7 Å². The average Bonchev–Trinajstić information content (AvgIpc) is 3.42. The van der Waals surface area contributed by atoms with Crippen LogP contribution in [0.25, 0.3) is 0 Å². The second kappa shape index (κ2) is 11.6. The fourth-order valence-corrected chi connectivity index (χ4v) is 6.92. The molecule has 1 heterocycles. The van der Waals surface area contributed by atoms with Crippen molar-refractivity contribution in [2.75, 3.05) is 16.7 Å². The maximum Gasteiger partial charge on any atom is 0.269 e. The van der Waals surface area contributed by atoms with Crippen LogP contribution in [0.1, 0.15) is 36.1 Å². The number of anilines is 2. The fourth-order valence-electron chi connectivity index (χ4n) is 3.97. The van der Waals surface area contributed by atoms with Crippen LogP contribution in [0.5, 0.6) is 5.75 Å². The van der Waals surface area contributed by atoms with E-state index in [1.54, 1.807) is 24.6 Å². The quantitative estimate of drug-likeness (QED) is 0.205. The summed E-state index contributed by atoms with van der Waals surface area (Å²) >= 11 is 4.63. The topological polar surface area (TPSA) is 71.5 Å². The number of hydrogen-bond acceptors (Lipinski definition) is 6. The number of nitrogens with zero attached hydrogens (tertiary/aromatic N) is 2. The Hall–Kier alpha value is -2.95. The van der Waals surface area contributed by atoms with Crippen molar-refractivity contribution in [3.8, 4) is 5.75 Å². The molecule has 0 aliphatic rings. The molecule has 0 amide bonds. The Morgan fingerprint density at radius 2 is 1.92 bits per heavy atom. The monoisotopic (exact) mass is 603 g/mol. The first-order chi connectivity index (χ1) is 17.7. The van der Waals surface area contributed by atoms with Crippen molar-refractivity contribution in [2.24, 2.45) is 0 Å². The minimum Gasteiger partial charge on any atom is -0.497 e. The van der Waals surface area contributed by atoms with Crippen LogP contribution in [0.15, 0.2) is 81.6 Å². The maximum atomic E-state index is 15.5. The first-order valence-corrected chi connectivity index (χ1v) is 14.7. The normalized spacial score (nSPS) is 12.2. The molecule has 0 fully saturated rings. The van der Waals surface area contributed by atoms with Gasteiger partial charge in [0.2, 0.25) is 0 Å². The molecule has 0 bridgehead atoms. The highest BCUT2D eigenvalue weighted by molar-refractivity contribution is 9.10. The van der Waals surface area contributed by atoms with E-state index in [0.717, 1.165) is 27.4 Å². The van der Waals surface area contributed by atoms with Crippen LogP contribution in [-0.4, -0.2) is 20.5 Å². The molecule has 0 aliphatic carbocycles. The van der Waals surface area contributed by atoms with Crippen LogP contribution < -0.4 is 14.4 Å². The van der Waals surface area contributed by atoms with E-state index in [0.29, 0.717) is 15.9 Å². The van der Waals surface area contributed by atoms with Crippen molar-refractivity contribution in [3.63, 3.8) is 0 Å². The summed E-state index contributed by atoms with van der Waals surface area (Å²) in [4.78, 5) is 3.78. The predicted octanol–water partition coefficient (Wildman–Crippen LogP) is 7.32. The zero-order valence-electron chi connectivity index (χ0n) is 20.6. The Kier molecular flexibility index (Phi) is 8.51. The molecule has 6 nitrogen and oxygen atoms in total. The van der Waals surface area contributed by atoms with Crippen molar-refractivity contribution >= 4 is 48.1 Å². The van der Waals surface area contributed by atoms with Crippen molar-refractivity contribution in [1.82, 2.24) is 4.98 Å². The highest BCUT2D eigenvalue weighted by Gasteiger charge is 2.31. The largest absolute Gasteiger partial charge is 0.497 e. The molecule has 194 valence electrons. The summed E-state index contributed by atoms with van der Waals surface area (Å²) in [5.41, 5.74) is 3.13. The summed E-state index contributed by atoms with van der Waals surface area (Å²) in [7, 11) is -2.72. The van der Waals surface area contributed by atoms with Gasteiger partial charge in [0.15, 0.2) is 5.13 Å². The molecule has 0 spiro atoms. The van der Waals surface area contributed by atoms with Gasteiger partial charge in [-0.15, -0.1) is 11.3 Å². The maximum absolute atomic E-state index is 15.5. The van der Waals surface area contributed by atoms with E-state index in [1.165, 1.54) is 29.7 Å². The molecule has 3 aromatic carbocycles. The molecule has 4 rings (SSSR count). The summed E-state index contributed by atoms with van der Waals surface area (Å²) in [5.74, 6) is -0.175. The Balaban J connectivity index is 1.70. The standard InChI is InChI=1S/C27H27BrFN3O3S2/c1-4-24(19-8-6-5-7-9-19)31-25-16-23(29)26(15-22(25)28)37(33,34)32(27-30-12-13-36-27)17-20-10-11-21(35-3)14-18(20)2/h5-16,24,31H,4,17H2,1-3H3/t24-/m0/s1. The van der Waals surface area contributed by atoms with Gasteiger partial charge in [0, 0.05) is 16.0 Å². The molecule has 1 N–H and O–H groups in total. The van der Waals surface area contributed by atoms with Crippen molar-refractivity contribution < 1.29 is 17.5 Å². The highest BCUT2D eigenvalue weighted by atomic mass is 79.9. The van der Waals surface area contributed by atoms with Gasteiger partial charge in [-0.3, -0.25) is 0 Å². The minimum absolute atomic E-state index is 0.00531. The molecule has 0 unspecified atom stereocenters. The SMILES string of the molecule is CC[C@H](Nc1cc(F)c(S(=O)(=O)N(Cc2ccc(OC)cc2C)c2nccs2)cc1Br)c1ccccc1. The summed E-state index contributed by atoms with van der Waals surface area (Å²) < 4.78 is 50.0. The summed E-state index contributed by atoms with van der Waals surface area (Å²) in [5, 5.41) is 5.27. The number of methoxy groups -OCH3 is 1. The van der Waals surface area contributed by atoms with Gasteiger partial charge in [-0.2, -0.15) is 0 Å². The van der Waals surface area contributed by atoms with E-state index in [1.807, 2.05) is 50.2 Å². The molecule has 0 saturated heterocycles. The number of rotatable bonds is 10. The number of aromatic nitrogens is 1. The highest BCUT2D eigenvalue weighted by Crippen LogP contribution is 2.35. The third-order valence-corrected chi connectivity index (χ3v) is 9.34. The van der Waals surface area contributed by atoms with Crippen LogP contribution in [0.3, 0.4) is 0 Å². The molecule has 4 aromatic rings. The van der Waals surface area contributed by atoms with Gasteiger partial charge in [0.25, 0.3) is 10.0 Å². The fraction of sp³-hybridized carbons (Fsp3) is 0.222. The second-order valence-corrected chi connectivity index (χ2v) is 12.0. The van der Waals surface area contributed by atoms with Gasteiger partial charge >= 0.3 is 0 Å². The number of ether oxygens (including phenoxy) is 1. The van der Waals surface area contributed by atoms with Crippen LogP contribution in [0, 0.1) is 12.7 Å². The number of sulfonamides is 1. The lowest BCUT2D eigenvalue weighted by Gasteiger charge is -2.24. The lowest BCUT2D eigenvalue weighted by atomic mass is 10.0. The molecule has 37 heavy (non-hydrogen) atoms. The summed E-state index contributed by atoms with van der Waals surface area (Å²) in [6.45, 7) is 3.90. The molecule has 0 saturated carbocycles. The van der Waals surface area contributed by atoms with E-state index in [-0.39, 0.29) is 17.7 Å². The van der Waals surface area contributed by atoms with Crippen LogP contribution in [0.4, 0.5) is 15.2 Å². The number of aryl methyl sites for hydroxylation is 1. The van der Waals surface area contributed by atoms with E-state index in [9.17, 15) is 8.42 Å². The summed E-state index contributed by atoms with van der Waals surface area (Å²) in [6.07, 6.45) is 2.29. The summed E-state index contributed by atoms with van der Waals surface area (Å²) in [6, 6.07) is 17.7. The van der Waals surface area contributed by atoms with Crippen molar-refractivity contribution in [3.05, 3.63) is 99.2 Å². The molecule has 1 aromatic heterocycles. The molecule has 0 aliphatic heterocycles. The number of halogens is 2. The van der Waals surface area contributed by atoms with Crippen LogP contribution in [-0.2, 0) is 16.6 Å². The Morgan fingerprint density at radius 3 is 2.54 bits per heavy atom. The zero-order valence-corrected chi connectivity index (χ0v) is 23.8. The van der Waals surface area contributed by atoms with E-state index >= 15 is 4.39 Å². The van der Waals surface area contributed by atoms with E-state index in [2.05, 4.69) is 26.2 Å². The Morgan fingerprint density at radius 1 is 1.16 bits per heavy atom. The van der Waals surface area contributed by atoms with Gasteiger partial charge in [0.1, 0.15) is 16.5 Å². The Bertz CT molecular complexity index is 1470. The van der Waals surface area contributed by atoms with Gasteiger partial charge in [0.05, 0.1) is 25.4 Å². The Labute approximate surface area is 229 Å². The van der Waals surface area contributed by atoms with Crippen LogP contribution in [0.2, 0.25) is 0 Å². The van der Waals surface area contributed by atoms with E-state index in [4.69, 9.17) is 4.74 Å². The average molecular weight is 605 g/mol. The number of benzene rings is 3. The minimum atomic E-state index is -4.29. The molecule has 0 radical (unpaired) electrons. The number of nitrogens with one attached hydrogen (secondary N) is 1. The third kappa shape index (κ3) is 5.97. The van der Waals surface area contributed by atoms with Gasteiger partial charge in [-0.25, -0.2) is 22.1 Å². The predicted molar refractivity (Wildman–Crippen MR) is 150 cm³/mol. The van der Waals surface area contributed by atoms with Gasteiger partial charge in [-0.1, -0.05) is 43.3 Å².